The van der Waals surface area contributed by atoms with E-state index in [0.717, 1.165) is 17.8 Å². The Hall–Kier alpha value is 0. The van der Waals surface area contributed by atoms with Crippen molar-refractivity contribution >= 4 is 0 Å². The van der Waals surface area contributed by atoms with E-state index in [0.29, 0.717) is 0 Å². The van der Waals surface area contributed by atoms with Crippen molar-refractivity contribution in [3.05, 3.63) is 0 Å². The standard InChI is InChI=1S/C19H40/c1-6-8-9-10-11-12-13-14-15-19(17(3)4)16-18(5)7-2/h17-19H,6-16H2,1-5H3. The van der Waals surface area contributed by atoms with Gasteiger partial charge in [-0.3, -0.25) is 0 Å². The molecule has 0 heterocycles. The topological polar surface area (TPSA) is 0 Å². The third-order valence-corrected chi connectivity index (χ3v) is 4.77. The zero-order chi connectivity index (χ0) is 14.5. The molecular weight excluding hydrogens is 228 g/mol. The summed E-state index contributed by atoms with van der Waals surface area (Å²) in [4.78, 5) is 0. The summed E-state index contributed by atoms with van der Waals surface area (Å²) < 4.78 is 0. The van der Waals surface area contributed by atoms with Gasteiger partial charge in [-0.05, 0) is 24.2 Å². The molecule has 0 bridgehead atoms. The van der Waals surface area contributed by atoms with Gasteiger partial charge in [-0.25, -0.2) is 0 Å². The van der Waals surface area contributed by atoms with E-state index in [2.05, 4.69) is 34.6 Å². The Morgan fingerprint density at radius 1 is 0.684 bits per heavy atom. The van der Waals surface area contributed by atoms with Gasteiger partial charge >= 0.3 is 0 Å². The van der Waals surface area contributed by atoms with Crippen LogP contribution in [0.3, 0.4) is 0 Å². The van der Waals surface area contributed by atoms with Crippen molar-refractivity contribution in [3.63, 3.8) is 0 Å². The first kappa shape index (κ1) is 19.0. The van der Waals surface area contributed by atoms with Crippen LogP contribution < -0.4 is 0 Å². The van der Waals surface area contributed by atoms with Crippen molar-refractivity contribution in [2.24, 2.45) is 17.8 Å². The summed E-state index contributed by atoms with van der Waals surface area (Å²) in [7, 11) is 0. The van der Waals surface area contributed by atoms with Crippen molar-refractivity contribution in [1.29, 1.82) is 0 Å². The van der Waals surface area contributed by atoms with Crippen molar-refractivity contribution < 1.29 is 0 Å². The van der Waals surface area contributed by atoms with Crippen LogP contribution in [0.1, 0.15) is 105 Å². The molecule has 0 radical (unpaired) electrons. The molecule has 0 N–H and O–H groups in total. The lowest BCUT2D eigenvalue weighted by molar-refractivity contribution is 0.277. The second-order valence-electron chi connectivity index (χ2n) is 7.02. The van der Waals surface area contributed by atoms with Crippen LogP contribution in [0.2, 0.25) is 0 Å². The highest BCUT2D eigenvalue weighted by Crippen LogP contribution is 2.27. The van der Waals surface area contributed by atoms with Crippen molar-refractivity contribution in [3.8, 4) is 0 Å². The molecular formula is C19H40. The number of unbranched alkanes of at least 4 members (excludes halogenated alkanes) is 7. The maximum atomic E-state index is 2.42. The molecule has 0 aliphatic heterocycles. The second-order valence-corrected chi connectivity index (χ2v) is 7.02. The Bertz CT molecular complexity index is 171. The van der Waals surface area contributed by atoms with Crippen molar-refractivity contribution in [1.82, 2.24) is 0 Å². The second kappa shape index (κ2) is 13.0. The molecule has 0 nitrogen and oxygen atoms in total. The minimum absolute atomic E-state index is 0.874. The van der Waals surface area contributed by atoms with Gasteiger partial charge in [-0.1, -0.05) is 98.8 Å². The molecule has 0 heteroatoms. The van der Waals surface area contributed by atoms with Crippen LogP contribution in [0.5, 0.6) is 0 Å². The average molecular weight is 269 g/mol. The average Bonchev–Trinajstić information content (AvgIpc) is 2.39. The van der Waals surface area contributed by atoms with Crippen LogP contribution in [-0.4, -0.2) is 0 Å². The van der Waals surface area contributed by atoms with Crippen LogP contribution in [0.25, 0.3) is 0 Å². The predicted octanol–water partition coefficient (Wildman–Crippen LogP) is 7.23. The Kier molecular flexibility index (Phi) is 13.0. The predicted molar refractivity (Wildman–Crippen MR) is 89.6 cm³/mol. The molecule has 0 saturated carbocycles. The lowest BCUT2D eigenvalue weighted by atomic mass is 9.82. The van der Waals surface area contributed by atoms with Crippen LogP contribution >= 0.6 is 0 Å². The molecule has 0 aliphatic carbocycles. The molecule has 0 aromatic carbocycles. The van der Waals surface area contributed by atoms with E-state index >= 15 is 0 Å². The van der Waals surface area contributed by atoms with E-state index in [1.54, 1.807) is 0 Å². The van der Waals surface area contributed by atoms with E-state index in [-0.39, 0.29) is 0 Å². The number of hydrogen-bond acceptors (Lipinski definition) is 0. The lowest BCUT2D eigenvalue weighted by Crippen LogP contribution is -2.12. The number of rotatable bonds is 13. The Balaban J connectivity index is 3.54. The molecule has 0 rings (SSSR count). The Labute approximate surface area is 123 Å². The molecule has 0 saturated heterocycles. The summed E-state index contributed by atoms with van der Waals surface area (Å²) in [5.74, 6) is 2.76. The monoisotopic (exact) mass is 268 g/mol. The maximum absolute atomic E-state index is 2.42. The minimum atomic E-state index is 0.874. The highest BCUT2D eigenvalue weighted by molar-refractivity contribution is 4.66. The van der Waals surface area contributed by atoms with E-state index in [1.165, 1.54) is 70.6 Å². The lowest BCUT2D eigenvalue weighted by Gasteiger charge is -2.23. The van der Waals surface area contributed by atoms with Gasteiger partial charge in [0.25, 0.3) is 0 Å². The third-order valence-electron chi connectivity index (χ3n) is 4.77. The zero-order valence-electron chi connectivity index (χ0n) is 14.5. The van der Waals surface area contributed by atoms with Gasteiger partial charge < -0.3 is 0 Å². The van der Waals surface area contributed by atoms with Crippen LogP contribution in [0.4, 0.5) is 0 Å². The van der Waals surface area contributed by atoms with Gasteiger partial charge in [-0.15, -0.1) is 0 Å². The summed E-state index contributed by atoms with van der Waals surface area (Å²) in [5, 5.41) is 0. The smallest absolute Gasteiger partial charge is 0.0389 e. The van der Waals surface area contributed by atoms with Gasteiger partial charge in [-0.2, -0.15) is 0 Å². The van der Waals surface area contributed by atoms with E-state index in [4.69, 9.17) is 0 Å². The summed E-state index contributed by atoms with van der Waals surface area (Å²) in [6.45, 7) is 11.9. The van der Waals surface area contributed by atoms with Gasteiger partial charge in [0, 0.05) is 0 Å². The first-order chi connectivity index (χ1) is 9.11. The normalized spacial score (nSPS) is 14.8. The van der Waals surface area contributed by atoms with E-state index in [9.17, 15) is 0 Å². The summed E-state index contributed by atoms with van der Waals surface area (Å²) in [5.41, 5.74) is 0. The SMILES string of the molecule is CCCCCCCCCCC(CC(C)CC)C(C)C. The summed E-state index contributed by atoms with van der Waals surface area (Å²) in [6.07, 6.45) is 15.9. The van der Waals surface area contributed by atoms with Gasteiger partial charge in [0.1, 0.15) is 0 Å². The summed E-state index contributed by atoms with van der Waals surface area (Å²) >= 11 is 0. The molecule has 0 aromatic rings. The summed E-state index contributed by atoms with van der Waals surface area (Å²) in [6, 6.07) is 0. The number of hydrogen-bond donors (Lipinski definition) is 0. The van der Waals surface area contributed by atoms with Crippen molar-refractivity contribution in [2.75, 3.05) is 0 Å². The third kappa shape index (κ3) is 11.5. The molecule has 0 amide bonds. The van der Waals surface area contributed by atoms with Crippen LogP contribution in [0.15, 0.2) is 0 Å². The molecule has 0 aromatic heterocycles. The Morgan fingerprint density at radius 2 is 1.21 bits per heavy atom. The molecule has 0 aliphatic rings. The molecule has 0 fully saturated rings. The zero-order valence-corrected chi connectivity index (χ0v) is 14.5. The first-order valence-electron chi connectivity index (χ1n) is 9.11. The van der Waals surface area contributed by atoms with Gasteiger partial charge in [0.05, 0.1) is 0 Å². The van der Waals surface area contributed by atoms with Gasteiger partial charge in [0.15, 0.2) is 0 Å². The molecule has 116 valence electrons. The van der Waals surface area contributed by atoms with E-state index in [1.807, 2.05) is 0 Å². The highest BCUT2D eigenvalue weighted by Gasteiger charge is 2.15. The first-order valence-corrected chi connectivity index (χ1v) is 9.11. The Morgan fingerprint density at radius 3 is 1.68 bits per heavy atom. The molecule has 0 spiro atoms. The fraction of sp³-hybridized carbons (Fsp3) is 1.00. The maximum Gasteiger partial charge on any atom is -0.0389 e. The highest BCUT2D eigenvalue weighted by atomic mass is 14.2. The fourth-order valence-corrected chi connectivity index (χ4v) is 2.95. The fourth-order valence-electron chi connectivity index (χ4n) is 2.95. The molecule has 2 unspecified atom stereocenters. The van der Waals surface area contributed by atoms with Crippen LogP contribution in [-0.2, 0) is 0 Å². The quantitative estimate of drug-likeness (QED) is 0.309. The minimum Gasteiger partial charge on any atom is -0.0654 e. The van der Waals surface area contributed by atoms with Crippen LogP contribution in [0, 0.1) is 17.8 Å². The van der Waals surface area contributed by atoms with Gasteiger partial charge in [0.2, 0.25) is 0 Å². The molecule has 19 heavy (non-hydrogen) atoms. The van der Waals surface area contributed by atoms with Crippen molar-refractivity contribution in [2.45, 2.75) is 105 Å². The van der Waals surface area contributed by atoms with E-state index < -0.39 is 0 Å². The molecule has 2 atom stereocenters. The largest absolute Gasteiger partial charge is 0.0654 e.